The minimum atomic E-state index is -1.10. The molecular weight excluding hydrogens is 428 g/mol. The summed E-state index contributed by atoms with van der Waals surface area (Å²) >= 11 is 6.86. The van der Waals surface area contributed by atoms with Crippen LogP contribution in [-0.2, 0) is 23.7 Å². The van der Waals surface area contributed by atoms with Gasteiger partial charge in [-0.2, -0.15) is 0 Å². The predicted octanol–water partition coefficient (Wildman–Crippen LogP) is 5.83. The zero-order chi connectivity index (χ0) is 23.8. The normalized spacial score (nSPS) is 35.8. The van der Waals surface area contributed by atoms with Crippen LogP contribution in [0.3, 0.4) is 0 Å². The Morgan fingerprint density at radius 3 is 2.56 bits per heavy atom. The van der Waals surface area contributed by atoms with Crippen LogP contribution in [0.25, 0.3) is 0 Å². The van der Waals surface area contributed by atoms with Gasteiger partial charge in [0.25, 0.3) is 0 Å². The summed E-state index contributed by atoms with van der Waals surface area (Å²) in [5, 5.41) is 0.529. The Kier molecular flexibility index (Phi) is 7.26. The molecule has 0 aromatic carbocycles. The summed E-state index contributed by atoms with van der Waals surface area (Å²) in [4.78, 5) is 12.8. The van der Waals surface area contributed by atoms with Crippen LogP contribution in [-0.4, -0.2) is 37.5 Å². The first-order valence-electron chi connectivity index (χ1n) is 11.2. The maximum absolute atomic E-state index is 12.8. The van der Waals surface area contributed by atoms with Crippen LogP contribution in [0.5, 0.6) is 0 Å². The highest BCUT2D eigenvalue weighted by Gasteiger charge is 2.67. The van der Waals surface area contributed by atoms with Crippen LogP contribution in [0.1, 0.15) is 48.0 Å². The second kappa shape index (κ2) is 9.30. The van der Waals surface area contributed by atoms with Crippen LogP contribution in [0.2, 0.25) is 0 Å². The van der Waals surface area contributed by atoms with Crippen molar-refractivity contribution in [2.24, 2.45) is 17.8 Å². The van der Waals surface area contributed by atoms with Gasteiger partial charge in [0.15, 0.2) is 5.79 Å². The largest absolute Gasteiger partial charge is 0.465 e. The Morgan fingerprint density at radius 1 is 1.31 bits per heavy atom. The van der Waals surface area contributed by atoms with Crippen molar-refractivity contribution in [3.05, 3.63) is 58.1 Å². The van der Waals surface area contributed by atoms with E-state index in [1.54, 1.807) is 34.3 Å². The molecule has 1 saturated heterocycles. The Morgan fingerprint density at radius 2 is 2.00 bits per heavy atom. The Bertz CT molecular complexity index is 927. The highest BCUT2D eigenvalue weighted by molar-refractivity contribution is 6.31. The van der Waals surface area contributed by atoms with Gasteiger partial charge in [0, 0.05) is 31.3 Å². The second-order valence-corrected chi connectivity index (χ2v) is 9.72. The third-order valence-corrected chi connectivity index (χ3v) is 7.38. The number of ether oxygens (including phenoxy) is 4. The predicted molar refractivity (Wildman–Crippen MR) is 126 cm³/mol. The summed E-state index contributed by atoms with van der Waals surface area (Å²) in [6.07, 6.45) is 10.4. The fourth-order valence-electron chi connectivity index (χ4n) is 5.23. The number of Topliss-reactive ketones (excluding diaryl/α,β-unsaturated/α-hetero) is 1. The van der Waals surface area contributed by atoms with E-state index in [1.165, 1.54) is 5.57 Å². The molecule has 0 N–H and O–H groups in total. The topological polar surface area (TPSA) is 54.0 Å². The quantitative estimate of drug-likeness (QED) is 0.445. The molecule has 0 aromatic heterocycles. The first-order chi connectivity index (χ1) is 15.0. The Balaban J connectivity index is 2.04. The number of fused-ring (bicyclic) bond motifs is 3. The van der Waals surface area contributed by atoms with Gasteiger partial charge in [-0.05, 0) is 45.8 Å². The van der Waals surface area contributed by atoms with Gasteiger partial charge in [0.05, 0.1) is 17.2 Å². The maximum atomic E-state index is 12.8. The standard InChI is InChI=1S/C26H35ClO5/c1-9-15(2)12-16(3)10-11-18-13-19-20(14-31-18)22-21(17(4)28)26(6,30-8)32-25(22,5)24(29-7)23(19)27/h10-15,21-22,24H,9H2,1-8H3/b11-10+,16-12+/t15-,21+,22+,24-,25+,26+/m0/s1. The number of halogens is 1. The molecule has 176 valence electrons. The van der Waals surface area contributed by atoms with E-state index in [9.17, 15) is 4.79 Å². The van der Waals surface area contributed by atoms with Gasteiger partial charge in [-0.15, -0.1) is 0 Å². The lowest BCUT2D eigenvalue weighted by molar-refractivity contribution is -0.252. The molecule has 3 aliphatic rings. The molecule has 0 radical (unpaired) electrons. The number of carbonyl (C=O) groups is 1. The van der Waals surface area contributed by atoms with Gasteiger partial charge in [-0.1, -0.05) is 49.6 Å². The zero-order valence-corrected chi connectivity index (χ0v) is 21.1. The molecule has 2 heterocycles. The van der Waals surface area contributed by atoms with Gasteiger partial charge < -0.3 is 18.9 Å². The van der Waals surface area contributed by atoms with Gasteiger partial charge >= 0.3 is 0 Å². The molecule has 0 aromatic rings. The minimum absolute atomic E-state index is 0.0170. The molecule has 1 aliphatic carbocycles. The van der Waals surface area contributed by atoms with Gasteiger partial charge in [-0.3, -0.25) is 4.79 Å². The molecule has 6 atom stereocenters. The average molecular weight is 463 g/mol. The molecule has 0 unspecified atom stereocenters. The van der Waals surface area contributed by atoms with Crippen LogP contribution in [0, 0.1) is 17.8 Å². The molecule has 1 fully saturated rings. The van der Waals surface area contributed by atoms with E-state index < -0.39 is 23.4 Å². The van der Waals surface area contributed by atoms with E-state index in [1.807, 2.05) is 25.2 Å². The Hall–Kier alpha value is -1.66. The highest BCUT2D eigenvalue weighted by atomic mass is 35.5. The van der Waals surface area contributed by atoms with Gasteiger partial charge in [0.2, 0.25) is 0 Å². The molecule has 6 heteroatoms. The zero-order valence-electron chi connectivity index (χ0n) is 20.3. The average Bonchev–Trinajstić information content (AvgIpc) is 3.00. The molecular formula is C26H35ClO5. The minimum Gasteiger partial charge on any atom is -0.465 e. The van der Waals surface area contributed by atoms with Crippen molar-refractivity contribution < 1.29 is 23.7 Å². The number of hydrogen-bond donors (Lipinski definition) is 0. The van der Waals surface area contributed by atoms with Crippen molar-refractivity contribution in [3.63, 3.8) is 0 Å². The molecule has 0 saturated carbocycles. The molecule has 0 spiro atoms. The van der Waals surface area contributed by atoms with E-state index in [4.69, 9.17) is 30.5 Å². The summed E-state index contributed by atoms with van der Waals surface area (Å²) < 4.78 is 23.9. The van der Waals surface area contributed by atoms with Crippen molar-refractivity contribution in [3.8, 4) is 0 Å². The summed E-state index contributed by atoms with van der Waals surface area (Å²) in [6.45, 7) is 11.7. The first kappa shape index (κ1) is 25.0. The second-order valence-electron chi connectivity index (χ2n) is 9.32. The van der Waals surface area contributed by atoms with Crippen molar-refractivity contribution >= 4 is 17.4 Å². The fraction of sp³-hybridized carbons (Fsp3) is 0.577. The first-order valence-corrected chi connectivity index (χ1v) is 11.5. The van der Waals surface area contributed by atoms with E-state index in [0.29, 0.717) is 16.7 Å². The van der Waals surface area contributed by atoms with E-state index in [-0.39, 0.29) is 11.7 Å². The lowest BCUT2D eigenvalue weighted by Crippen LogP contribution is -2.51. The number of methoxy groups -OCH3 is 2. The monoisotopic (exact) mass is 462 g/mol. The molecule has 0 amide bonds. The van der Waals surface area contributed by atoms with E-state index in [0.717, 1.165) is 17.6 Å². The maximum Gasteiger partial charge on any atom is 0.176 e. The van der Waals surface area contributed by atoms with Gasteiger partial charge in [-0.25, -0.2) is 0 Å². The number of hydrogen-bond acceptors (Lipinski definition) is 5. The number of allylic oxidation sites excluding steroid dienone is 6. The van der Waals surface area contributed by atoms with Crippen molar-refractivity contribution in [2.75, 3.05) is 14.2 Å². The van der Waals surface area contributed by atoms with Crippen LogP contribution < -0.4 is 0 Å². The molecule has 0 bridgehead atoms. The molecule has 5 nitrogen and oxygen atoms in total. The van der Waals surface area contributed by atoms with Crippen LogP contribution in [0.4, 0.5) is 0 Å². The van der Waals surface area contributed by atoms with Crippen molar-refractivity contribution in [2.45, 2.75) is 65.5 Å². The van der Waals surface area contributed by atoms with Crippen LogP contribution >= 0.6 is 11.6 Å². The summed E-state index contributed by atoms with van der Waals surface area (Å²) in [5.74, 6) is -0.792. The fourth-order valence-corrected chi connectivity index (χ4v) is 5.70. The molecule has 3 rings (SSSR count). The van der Waals surface area contributed by atoms with Gasteiger partial charge in [0.1, 0.15) is 23.2 Å². The smallest absolute Gasteiger partial charge is 0.176 e. The Labute approximate surface area is 196 Å². The lowest BCUT2D eigenvalue weighted by atomic mass is 9.66. The number of carbonyl (C=O) groups excluding carboxylic acids is 1. The van der Waals surface area contributed by atoms with Crippen molar-refractivity contribution in [1.29, 1.82) is 0 Å². The molecule has 2 aliphatic heterocycles. The SMILES string of the molecule is CC[C@H](C)/C=C(C)/C=C/C1=CC2=C(Cl)[C@H](OC)[C@]3(C)O[C@@](C)(OC)[C@H](C(C)=O)[C@H]3C2=CO1. The number of rotatable bonds is 7. The third-order valence-electron chi connectivity index (χ3n) is 6.98. The molecule has 32 heavy (non-hydrogen) atoms. The van der Waals surface area contributed by atoms with Crippen molar-refractivity contribution in [1.82, 2.24) is 0 Å². The van der Waals surface area contributed by atoms with E-state index in [2.05, 4.69) is 26.8 Å². The van der Waals surface area contributed by atoms with Crippen LogP contribution in [0.15, 0.2) is 58.1 Å². The lowest BCUT2D eigenvalue weighted by Gasteiger charge is -2.44. The summed E-state index contributed by atoms with van der Waals surface area (Å²) in [7, 11) is 3.16. The van der Waals surface area contributed by atoms with E-state index >= 15 is 0 Å². The summed E-state index contributed by atoms with van der Waals surface area (Å²) in [6, 6.07) is 0. The number of ketones is 1. The summed E-state index contributed by atoms with van der Waals surface area (Å²) in [5.41, 5.74) is 1.92. The third kappa shape index (κ3) is 4.16. The highest BCUT2D eigenvalue weighted by Crippen LogP contribution is 2.59.